The molecule has 0 radical (unpaired) electrons. The molecule has 9 rings (SSSR count). The monoisotopic (exact) mass is 802 g/mol. The smallest absolute Gasteiger partial charge is 0.264 e. The number of carbonyl (C=O) groups excluding carboxylic acids is 6. The minimum Gasteiger partial charge on any atom is -0.368 e. The number of piperazine rings is 1. The number of benzene rings is 3. The van der Waals surface area contributed by atoms with Crippen LogP contribution in [0.15, 0.2) is 66.7 Å². The third kappa shape index (κ3) is 6.38. The molecule has 2 N–H and O–H groups in total. The van der Waals surface area contributed by atoms with E-state index in [-0.39, 0.29) is 65.7 Å². The van der Waals surface area contributed by atoms with Crippen molar-refractivity contribution >= 4 is 63.6 Å². The summed E-state index contributed by atoms with van der Waals surface area (Å²) in [5, 5.41) is 26.0. The van der Waals surface area contributed by atoms with Gasteiger partial charge >= 0.3 is 0 Å². The Hall–Kier alpha value is -7.43. The number of likely N-dealkylation sites (tertiary alicyclic amines) is 1. The van der Waals surface area contributed by atoms with Crippen molar-refractivity contribution in [2.45, 2.75) is 44.7 Å². The fourth-order valence-electron chi connectivity index (χ4n) is 8.78. The molecule has 3 aromatic carbocycles. The molecule has 4 aliphatic rings. The number of pyridine rings is 1. The van der Waals surface area contributed by atoms with Gasteiger partial charge in [0, 0.05) is 70.1 Å². The lowest BCUT2D eigenvalue weighted by Crippen LogP contribution is -2.64. The molecule has 6 amide bonds. The van der Waals surface area contributed by atoms with Gasteiger partial charge in [-0.25, -0.2) is 4.98 Å². The predicted octanol–water partition coefficient (Wildman–Crippen LogP) is 3.36. The molecule has 3 fully saturated rings. The van der Waals surface area contributed by atoms with Gasteiger partial charge in [0.05, 0.1) is 27.8 Å². The molecule has 0 aliphatic carbocycles. The van der Waals surface area contributed by atoms with Gasteiger partial charge in [0.2, 0.25) is 23.6 Å². The maximum Gasteiger partial charge on any atom is 0.264 e. The number of nitrogens with zero attached hydrogens (tertiary/aromatic N) is 8. The van der Waals surface area contributed by atoms with Crippen LogP contribution in [0.5, 0.6) is 0 Å². The number of imide groups is 2. The first-order valence-corrected chi connectivity index (χ1v) is 19.8. The highest BCUT2D eigenvalue weighted by Gasteiger charge is 2.46. The summed E-state index contributed by atoms with van der Waals surface area (Å²) >= 11 is 0. The van der Waals surface area contributed by atoms with E-state index < -0.39 is 35.6 Å². The molecule has 16 heteroatoms. The van der Waals surface area contributed by atoms with Crippen LogP contribution in [0, 0.1) is 29.6 Å². The number of carbonyl (C=O) groups is 6. The molecular weight excluding hydrogens is 765 g/mol. The molecule has 6 heterocycles. The number of aryl methyl sites for hydroxylation is 1. The topological polar surface area (TPSA) is 204 Å². The van der Waals surface area contributed by atoms with Crippen LogP contribution in [-0.4, -0.2) is 111 Å². The molecule has 60 heavy (non-hydrogen) atoms. The highest BCUT2D eigenvalue weighted by Crippen LogP contribution is 2.38. The van der Waals surface area contributed by atoms with Gasteiger partial charge in [0.1, 0.15) is 35.1 Å². The van der Waals surface area contributed by atoms with Gasteiger partial charge in [0.15, 0.2) is 5.65 Å². The van der Waals surface area contributed by atoms with E-state index >= 15 is 0 Å². The van der Waals surface area contributed by atoms with Crippen LogP contribution in [0.25, 0.3) is 27.8 Å². The number of hydrogen-bond acceptors (Lipinski definition) is 11. The number of rotatable bonds is 8. The van der Waals surface area contributed by atoms with Crippen molar-refractivity contribution in [3.63, 3.8) is 0 Å². The maximum atomic E-state index is 13.6. The molecule has 16 nitrogen and oxygen atoms in total. The van der Waals surface area contributed by atoms with E-state index in [9.17, 15) is 39.3 Å². The van der Waals surface area contributed by atoms with Crippen LogP contribution in [0.1, 0.15) is 63.1 Å². The van der Waals surface area contributed by atoms with Crippen molar-refractivity contribution in [3.05, 3.63) is 94.5 Å². The number of hydrogen-bond donors (Lipinski definition) is 2. The summed E-state index contributed by atoms with van der Waals surface area (Å²) in [5.74, 6) is -2.60. The van der Waals surface area contributed by atoms with Crippen molar-refractivity contribution in [2.24, 2.45) is 0 Å². The summed E-state index contributed by atoms with van der Waals surface area (Å²) in [5.41, 5.74) is 4.97. The van der Waals surface area contributed by atoms with Gasteiger partial charge in [-0.2, -0.15) is 10.5 Å². The van der Waals surface area contributed by atoms with Crippen LogP contribution in [0.4, 0.5) is 11.5 Å². The third-order valence-corrected chi connectivity index (χ3v) is 12.0. The van der Waals surface area contributed by atoms with Crippen molar-refractivity contribution in [2.75, 3.05) is 49.5 Å². The van der Waals surface area contributed by atoms with Crippen LogP contribution in [-0.2, 0) is 19.2 Å². The molecule has 0 saturated carbocycles. The molecule has 4 aliphatic heterocycles. The summed E-state index contributed by atoms with van der Waals surface area (Å²) in [6, 6.07) is 23.4. The zero-order valence-corrected chi connectivity index (χ0v) is 32.6. The highest BCUT2D eigenvalue weighted by molar-refractivity contribution is 6.25. The van der Waals surface area contributed by atoms with E-state index in [4.69, 9.17) is 4.98 Å². The number of fused-ring (bicyclic) bond motifs is 4. The van der Waals surface area contributed by atoms with E-state index in [2.05, 4.69) is 32.6 Å². The number of nitriles is 2. The average molecular weight is 803 g/mol. The summed E-state index contributed by atoms with van der Waals surface area (Å²) in [4.78, 5) is 89.9. The van der Waals surface area contributed by atoms with E-state index in [1.165, 1.54) is 0 Å². The lowest BCUT2D eigenvalue weighted by molar-refractivity contribution is -0.140. The summed E-state index contributed by atoms with van der Waals surface area (Å²) in [7, 11) is 0. The number of amides is 6. The number of aromatic nitrogens is 2. The first-order chi connectivity index (χ1) is 29.1. The summed E-state index contributed by atoms with van der Waals surface area (Å²) in [6.45, 7) is 5.42. The Morgan fingerprint density at radius 2 is 1.58 bits per heavy atom. The molecule has 300 valence electrons. The number of nitrogens with one attached hydrogen (secondary N) is 2. The Kier molecular flexibility index (Phi) is 9.57. The van der Waals surface area contributed by atoms with Crippen molar-refractivity contribution in [1.29, 1.82) is 10.5 Å². The van der Waals surface area contributed by atoms with E-state index in [1.807, 2.05) is 43.3 Å². The van der Waals surface area contributed by atoms with Gasteiger partial charge in [-0.1, -0.05) is 48.0 Å². The van der Waals surface area contributed by atoms with Gasteiger partial charge < -0.3 is 15.1 Å². The van der Waals surface area contributed by atoms with Crippen LogP contribution >= 0.6 is 0 Å². The van der Waals surface area contributed by atoms with Crippen molar-refractivity contribution in [1.82, 2.24) is 29.4 Å². The lowest BCUT2D eigenvalue weighted by atomic mass is 9.95. The van der Waals surface area contributed by atoms with Crippen molar-refractivity contribution in [3.8, 4) is 23.3 Å². The number of anilines is 2. The fourth-order valence-corrected chi connectivity index (χ4v) is 8.78. The van der Waals surface area contributed by atoms with Crippen LogP contribution in [0.2, 0.25) is 0 Å². The maximum absolute atomic E-state index is 13.6. The molecule has 2 aromatic heterocycles. The van der Waals surface area contributed by atoms with Crippen molar-refractivity contribution < 1.29 is 28.8 Å². The summed E-state index contributed by atoms with van der Waals surface area (Å²) < 4.78 is 1.63. The highest BCUT2D eigenvalue weighted by atomic mass is 16.2. The fraction of sp³-hybridized carbons (Fsp3) is 0.295. The molecule has 0 spiro atoms. The Morgan fingerprint density at radius 1 is 0.850 bits per heavy atom. The average Bonchev–Trinajstić information content (AvgIpc) is 3.74. The second kappa shape index (κ2) is 15.1. The quantitative estimate of drug-likeness (QED) is 0.218. The Morgan fingerprint density at radius 3 is 2.30 bits per heavy atom. The van der Waals surface area contributed by atoms with Crippen LogP contribution in [0.3, 0.4) is 0 Å². The normalized spacial score (nSPS) is 18.3. The molecule has 0 bridgehead atoms. The first kappa shape index (κ1) is 38.1. The Balaban J connectivity index is 0.832. The number of para-hydroxylation sites is 2. The zero-order chi connectivity index (χ0) is 41.8. The minimum absolute atomic E-state index is 0.0369. The van der Waals surface area contributed by atoms with E-state index in [0.717, 1.165) is 10.5 Å². The predicted molar refractivity (Wildman–Crippen MR) is 217 cm³/mol. The zero-order valence-electron chi connectivity index (χ0n) is 32.6. The van der Waals surface area contributed by atoms with Gasteiger partial charge in [-0.3, -0.25) is 48.3 Å². The molecule has 1 unspecified atom stereocenters. The SMILES string of the molecule is Cc1ccc(-c2c(C#N)c(NC(=O)CCC(=O)N3CC(N4CCN(c5cccc6c5C(=O)N(C5CCC(=O)NC5=O)C6=O)CC4)C3)n3c(nc4ccccc43)c2C#N)cc1. The van der Waals surface area contributed by atoms with E-state index in [0.29, 0.717) is 72.8 Å². The Bertz CT molecular complexity index is 2770. The van der Waals surface area contributed by atoms with Gasteiger partial charge in [-0.15, -0.1) is 0 Å². The number of imidazole rings is 1. The van der Waals surface area contributed by atoms with Gasteiger partial charge in [-0.05, 0) is 43.2 Å². The van der Waals surface area contributed by atoms with E-state index in [1.54, 1.807) is 39.6 Å². The standard InChI is InChI=1S/C44H38N10O6/c1-25-9-11-26(12-10-25)38-29(21-45)40-47-31-6-2-3-7-32(31)53(40)41(30(38)22-46)48-35(55)15-16-37(57)52-23-27(24-52)50-17-19-51(20-18-50)33-8-4-5-28-39(33)44(60)54(43(28)59)34-13-14-36(56)49-42(34)58/h2-12,27,34H,13-20,23-24H2,1H3,(H,48,55)(H,49,56,58). The first-order valence-electron chi connectivity index (χ1n) is 19.8. The van der Waals surface area contributed by atoms with Gasteiger partial charge in [0.25, 0.3) is 11.8 Å². The molecule has 5 aromatic rings. The van der Waals surface area contributed by atoms with Crippen LogP contribution < -0.4 is 15.5 Å². The summed E-state index contributed by atoms with van der Waals surface area (Å²) in [6.07, 6.45) is -0.0271. The second-order valence-corrected chi connectivity index (χ2v) is 15.5. The lowest BCUT2D eigenvalue weighted by Gasteiger charge is -2.48. The molecular formula is C44H38N10O6. The Labute approximate surface area is 343 Å². The largest absolute Gasteiger partial charge is 0.368 e. The second-order valence-electron chi connectivity index (χ2n) is 15.5. The number of piperidine rings is 1. The minimum atomic E-state index is -1.04. The third-order valence-electron chi connectivity index (χ3n) is 12.0. The molecule has 3 saturated heterocycles. The molecule has 1 atom stereocenters.